The minimum absolute atomic E-state index is 0.430. The lowest BCUT2D eigenvalue weighted by Gasteiger charge is -2.06. The van der Waals surface area contributed by atoms with Crippen LogP contribution in [0.1, 0.15) is 11.1 Å². The zero-order valence-corrected chi connectivity index (χ0v) is 10.2. The van der Waals surface area contributed by atoms with E-state index in [0.29, 0.717) is 16.3 Å². The van der Waals surface area contributed by atoms with E-state index in [4.69, 9.17) is 17.3 Å². The molecule has 0 spiro atoms. The molecular formula is C14H10ClN3. The van der Waals surface area contributed by atoms with Gasteiger partial charge >= 0.3 is 0 Å². The molecular weight excluding hydrogens is 246 g/mol. The SMILES string of the molecule is N#C/C(=C(/N)c1ccc(Cl)cc1)c1ccncc1. The van der Waals surface area contributed by atoms with Gasteiger partial charge in [-0.05, 0) is 35.4 Å². The molecule has 0 aliphatic heterocycles. The Bertz CT molecular complexity index is 610. The number of nitriles is 1. The van der Waals surface area contributed by atoms with E-state index in [9.17, 15) is 5.26 Å². The summed E-state index contributed by atoms with van der Waals surface area (Å²) in [6.07, 6.45) is 3.25. The molecule has 0 aliphatic rings. The molecule has 4 heteroatoms. The number of benzene rings is 1. The molecule has 0 saturated heterocycles. The molecule has 1 aromatic heterocycles. The van der Waals surface area contributed by atoms with Crippen LogP contribution >= 0.6 is 11.6 Å². The van der Waals surface area contributed by atoms with Gasteiger partial charge in [0.2, 0.25) is 0 Å². The summed E-state index contributed by atoms with van der Waals surface area (Å²) < 4.78 is 0. The van der Waals surface area contributed by atoms with Gasteiger partial charge in [0, 0.05) is 17.4 Å². The Morgan fingerprint density at radius 2 is 1.67 bits per heavy atom. The quantitative estimate of drug-likeness (QED) is 0.839. The first-order valence-electron chi connectivity index (χ1n) is 5.28. The van der Waals surface area contributed by atoms with Crippen LogP contribution in [0.3, 0.4) is 0 Å². The molecule has 88 valence electrons. The number of allylic oxidation sites excluding steroid dienone is 1. The molecule has 0 aliphatic carbocycles. The minimum Gasteiger partial charge on any atom is -0.397 e. The van der Waals surface area contributed by atoms with Crippen molar-refractivity contribution in [1.29, 1.82) is 5.26 Å². The van der Waals surface area contributed by atoms with Crippen LogP contribution in [0.5, 0.6) is 0 Å². The van der Waals surface area contributed by atoms with Gasteiger partial charge in [0.15, 0.2) is 0 Å². The highest BCUT2D eigenvalue weighted by molar-refractivity contribution is 6.30. The van der Waals surface area contributed by atoms with Crippen LogP contribution in [-0.4, -0.2) is 4.98 Å². The summed E-state index contributed by atoms with van der Waals surface area (Å²) in [7, 11) is 0. The molecule has 3 nitrogen and oxygen atoms in total. The molecule has 18 heavy (non-hydrogen) atoms. The summed E-state index contributed by atoms with van der Waals surface area (Å²) in [6, 6.07) is 12.7. The van der Waals surface area contributed by atoms with E-state index >= 15 is 0 Å². The number of hydrogen-bond donors (Lipinski definition) is 1. The van der Waals surface area contributed by atoms with Gasteiger partial charge < -0.3 is 5.73 Å². The number of hydrogen-bond acceptors (Lipinski definition) is 3. The van der Waals surface area contributed by atoms with Crippen LogP contribution in [0.4, 0.5) is 0 Å². The Balaban J connectivity index is 2.51. The Kier molecular flexibility index (Phi) is 3.61. The molecule has 2 rings (SSSR count). The fraction of sp³-hybridized carbons (Fsp3) is 0. The first-order valence-corrected chi connectivity index (χ1v) is 5.66. The number of nitrogens with two attached hydrogens (primary N) is 1. The van der Waals surface area contributed by atoms with Gasteiger partial charge in [0.25, 0.3) is 0 Å². The van der Waals surface area contributed by atoms with E-state index < -0.39 is 0 Å². The standard InChI is InChI=1S/C14H10ClN3/c15-12-3-1-11(2-4-12)14(17)13(9-16)10-5-7-18-8-6-10/h1-8H,17H2/b14-13-. The van der Waals surface area contributed by atoms with Crippen molar-refractivity contribution in [2.45, 2.75) is 0 Å². The van der Waals surface area contributed by atoms with E-state index in [1.54, 1.807) is 48.8 Å². The van der Waals surface area contributed by atoms with E-state index in [1.807, 2.05) is 0 Å². The maximum absolute atomic E-state index is 9.23. The molecule has 0 saturated carbocycles. The zero-order chi connectivity index (χ0) is 13.0. The van der Waals surface area contributed by atoms with Gasteiger partial charge in [-0.3, -0.25) is 4.98 Å². The predicted octanol–water partition coefficient (Wildman–Crippen LogP) is 3.09. The highest BCUT2D eigenvalue weighted by Gasteiger charge is 2.07. The van der Waals surface area contributed by atoms with E-state index in [2.05, 4.69) is 11.1 Å². The second-order valence-corrected chi connectivity index (χ2v) is 4.08. The monoisotopic (exact) mass is 255 g/mol. The molecule has 2 N–H and O–H groups in total. The van der Waals surface area contributed by atoms with Crippen molar-refractivity contribution >= 4 is 22.9 Å². The van der Waals surface area contributed by atoms with Crippen LogP contribution in [-0.2, 0) is 0 Å². The van der Waals surface area contributed by atoms with E-state index in [-0.39, 0.29) is 0 Å². The van der Waals surface area contributed by atoms with Gasteiger partial charge in [-0.15, -0.1) is 0 Å². The zero-order valence-electron chi connectivity index (χ0n) is 9.47. The molecule has 0 bridgehead atoms. The number of pyridine rings is 1. The number of aromatic nitrogens is 1. The van der Waals surface area contributed by atoms with E-state index in [0.717, 1.165) is 11.1 Å². The average molecular weight is 256 g/mol. The Hall–Kier alpha value is -2.31. The molecule has 0 fully saturated rings. The summed E-state index contributed by atoms with van der Waals surface area (Å²) >= 11 is 5.82. The van der Waals surface area contributed by atoms with Crippen molar-refractivity contribution < 1.29 is 0 Å². The fourth-order valence-electron chi connectivity index (χ4n) is 1.57. The maximum Gasteiger partial charge on any atom is 0.102 e. The lowest BCUT2D eigenvalue weighted by atomic mass is 10.0. The minimum atomic E-state index is 0.430. The van der Waals surface area contributed by atoms with Crippen molar-refractivity contribution in [2.24, 2.45) is 5.73 Å². The van der Waals surface area contributed by atoms with Crippen molar-refractivity contribution in [1.82, 2.24) is 4.98 Å². The van der Waals surface area contributed by atoms with Gasteiger partial charge in [-0.25, -0.2) is 0 Å². The number of rotatable bonds is 2. The summed E-state index contributed by atoms with van der Waals surface area (Å²) in [5.41, 5.74) is 8.41. The molecule has 0 unspecified atom stereocenters. The molecule has 0 atom stereocenters. The van der Waals surface area contributed by atoms with Crippen molar-refractivity contribution in [3.63, 3.8) is 0 Å². The molecule has 0 radical (unpaired) electrons. The Morgan fingerprint density at radius 1 is 1.06 bits per heavy atom. The first-order chi connectivity index (χ1) is 8.72. The topological polar surface area (TPSA) is 62.7 Å². The average Bonchev–Trinajstić information content (AvgIpc) is 2.41. The van der Waals surface area contributed by atoms with Gasteiger partial charge in [0.05, 0.1) is 11.3 Å². The van der Waals surface area contributed by atoms with E-state index in [1.165, 1.54) is 0 Å². The highest BCUT2D eigenvalue weighted by atomic mass is 35.5. The third kappa shape index (κ3) is 2.50. The summed E-state index contributed by atoms with van der Waals surface area (Å²) in [5.74, 6) is 0. The molecule has 0 amide bonds. The van der Waals surface area contributed by atoms with Crippen LogP contribution in [0, 0.1) is 11.3 Å². The Morgan fingerprint density at radius 3 is 2.22 bits per heavy atom. The van der Waals surface area contributed by atoms with Gasteiger partial charge in [-0.1, -0.05) is 23.7 Å². The van der Waals surface area contributed by atoms with Gasteiger partial charge in [-0.2, -0.15) is 5.26 Å². The largest absolute Gasteiger partial charge is 0.397 e. The van der Waals surface area contributed by atoms with Crippen molar-refractivity contribution in [2.75, 3.05) is 0 Å². The third-order valence-electron chi connectivity index (χ3n) is 2.51. The van der Waals surface area contributed by atoms with Crippen LogP contribution in [0.15, 0.2) is 48.8 Å². The fourth-order valence-corrected chi connectivity index (χ4v) is 1.70. The van der Waals surface area contributed by atoms with Crippen LogP contribution in [0.2, 0.25) is 5.02 Å². The highest BCUT2D eigenvalue weighted by Crippen LogP contribution is 2.22. The lowest BCUT2D eigenvalue weighted by Crippen LogP contribution is -2.00. The third-order valence-corrected chi connectivity index (χ3v) is 2.76. The maximum atomic E-state index is 9.23. The predicted molar refractivity (Wildman–Crippen MR) is 72.3 cm³/mol. The lowest BCUT2D eigenvalue weighted by molar-refractivity contribution is 1.32. The van der Waals surface area contributed by atoms with Crippen molar-refractivity contribution in [3.8, 4) is 6.07 Å². The summed E-state index contributed by atoms with van der Waals surface area (Å²) in [6.45, 7) is 0. The summed E-state index contributed by atoms with van der Waals surface area (Å²) in [4.78, 5) is 3.92. The summed E-state index contributed by atoms with van der Waals surface area (Å²) in [5, 5.41) is 9.86. The number of halogens is 1. The molecule has 1 heterocycles. The first kappa shape index (κ1) is 12.2. The molecule has 1 aromatic carbocycles. The molecule has 2 aromatic rings. The van der Waals surface area contributed by atoms with Crippen LogP contribution < -0.4 is 5.73 Å². The normalized spacial score (nSPS) is 11.6. The van der Waals surface area contributed by atoms with Crippen LogP contribution in [0.25, 0.3) is 11.3 Å². The number of nitrogens with zero attached hydrogens (tertiary/aromatic N) is 2. The second-order valence-electron chi connectivity index (χ2n) is 3.64. The second kappa shape index (κ2) is 5.35. The smallest absolute Gasteiger partial charge is 0.102 e. The Labute approximate surface area is 110 Å². The van der Waals surface area contributed by atoms with Crippen molar-refractivity contribution in [3.05, 3.63) is 64.9 Å². The van der Waals surface area contributed by atoms with Gasteiger partial charge in [0.1, 0.15) is 6.07 Å².